The van der Waals surface area contributed by atoms with Crippen LogP contribution in [0.4, 0.5) is 0 Å². The summed E-state index contributed by atoms with van der Waals surface area (Å²) in [6.45, 7) is 6.35. The second-order valence-electron chi connectivity index (χ2n) is 5.86. The predicted molar refractivity (Wildman–Crippen MR) is 94.7 cm³/mol. The molecule has 0 bridgehead atoms. The van der Waals surface area contributed by atoms with Crippen LogP contribution in [-0.2, 0) is 4.79 Å². The minimum Gasteiger partial charge on any atom is -0.350 e. The Morgan fingerprint density at radius 2 is 2.23 bits per heavy atom. The molecule has 1 aromatic rings. The zero-order valence-electron chi connectivity index (χ0n) is 13.2. The van der Waals surface area contributed by atoms with Crippen LogP contribution in [0.15, 0.2) is 24.5 Å². The van der Waals surface area contributed by atoms with E-state index < -0.39 is 0 Å². The van der Waals surface area contributed by atoms with E-state index in [1.807, 2.05) is 19.1 Å². The molecule has 1 amide bonds. The van der Waals surface area contributed by atoms with Crippen molar-refractivity contribution in [3.8, 4) is 0 Å². The summed E-state index contributed by atoms with van der Waals surface area (Å²) in [4.78, 5) is 16.2. The smallest absolute Gasteiger partial charge is 0.220 e. The molecule has 2 unspecified atom stereocenters. The molecule has 2 rings (SSSR count). The Morgan fingerprint density at radius 3 is 2.82 bits per heavy atom. The third-order valence-corrected chi connectivity index (χ3v) is 4.21. The van der Waals surface area contributed by atoms with E-state index >= 15 is 0 Å². The first-order chi connectivity index (χ1) is 9.66. The molecule has 0 spiro atoms. The summed E-state index contributed by atoms with van der Waals surface area (Å²) >= 11 is 0. The lowest BCUT2D eigenvalue weighted by molar-refractivity contribution is -0.123. The van der Waals surface area contributed by atoms with Crippen LogP contribution in [0.1, 0.15) is 44.7 Å². The van der Waals surface area contributed by atoms with Crippen LogP contribution in [0.2, 0.25) is 0 Å². The van der Waals surface area contributed by atoms with E-state index in [4.69, 9.17) is 0 Å². The number of rotatable bonds is 5. The monoisotopic (exact) mass is 347 g/mol. The van der Waals surface area contributed by atoms with Gasteiger partial charge in [0.15, 0.2) is 0 Å². The number of aromatic nitrogens is 1. The minimum atomic E-state index is 0. The van der Waals surface area contributed by atoms with E-state index in [1.165, 1.54) is 12.8 Å². The van der Waals surface area contributed by atoms with Crippen LogP contribution in [0.3, 0.4) is 0 Å². The van der Waals surface area contributed by atoms with Crippen molar-refractivity contribution >= 4 is 30.7 Å². The average molecular weight is 348 g/mol. The molecular formula is C16H27Cl2N3O. The topological polar surface area (TPSA) is 54.0 Å². The van der Waals surface area contributed by atoms with Crippen molar-refractivity contribution in [2.45, 2.75) is 39.2 Å². The van der Waals surface area contributed by atoms with Gasteiger partial charge in [-0.05, 0) is 56.3 Å². The highest BCUT2D eigenvalue weighted by atomic mass is 35.5. The lowest BCUT2D eigenvalue weighted by Gasteiger charge is -2.28. The van der Waals surface area contributed by atoms with E-state index in [2.05, 4.69) is 22.5 Å². The number of carbonyl (C=O) groups excluding carboxylic acids is 1. The molecule has 0 radical (unpaired) electrons. The van der Waals surface area contributed by atoms with Crippen molar-refractivity contribution in [2.75, 3.05) is 13.1 Å². The fourth-order valence-corrected chi connectivity index (χ4v) is 2.84. The van der Waals surface area contributed by atoms with Gasteiger partial charge in [0.1, 0.15) is 0 Å². The van der Waals surface area contributed by atoms with Gasteiger partial charge in [-0.15, -0.1) is 24.8 Å². The van der Waals surface area contributed by atoms with Crippen molar-refractivity contribution in [2.24, 2.45) is 11.8 Å². The zero-order chi connectivity index (χ0) is 14.4. The third-order valence-electron chi connectivity index (χ3n) is 4.21. The Hall–Kier alpha value is -0.840. The Bertz CT molecular complexity index is 425. The minimum absolute atomic E-state index is 0. The first kappa shape index (κ1) is 21.2. The lowest BCUT2D eigenvalue weighted by Crippen LogP contribution is -2.36. The summed E-state index contributed by atoms with van der Waals surface area (Å²) < 4.78 is 0. The maximum Gasteiger partial charge on any atom is 0.220 e. The van der Waals surface area contributed by atoms with Gasteiger partial charge in [0, 0.05) is 18.8 Å². The Balaban J connectivity index is 0.00000220. The summed E-state index contributed by atoms with van der Waals surface area (Å²) in [6, 6.07) is 3.91. The highest BCUT2D eigenvalue weighted by Crippen LogP contribution is 2.22. The van der Waals surface area contributed by atoms with Crippen molar-refractivity contribution in [1.29, 1.82) is 0 Å². The number of amides is 1. The van der Waals surface area contributed by atoms with Gasteiger partial charge < -0.3 is 10.6 Å². The molecule has 0 saturated carbocycles. The first-order valence-corrected chi connectivity index (χ1v) is 7.57. The van der Waals surface area contributed by atoms with Gasteiger partial charge in [-0.2, -0.15) is 0 Å². The molecule has 1 aliphatic rings. The standard InChI is InChI=1S/C16H25N3O.2ClH/c1-12(14-5-3-7-17-10-14)9-16(20)19-13(2)15-6-4-8-18-11-15;;/h4,6,8,11-14,17H,3,5,7,9-10H2,1-2H3,(H,19,20);2*1H/t12?,13-,14?;;/m0../s1. The molecule has 126 valence electrons. The van der Waals surface area contributed by atoms with E-state index in [1.54, 1.807) is 12.4 Å². The number of nitrogens with one attached hydrogen (secondary N) is 2. The Kier molecular flexibility index (Phi) is 10.4. The number of hydrogen-bond donors (Lipinski definition) is 2. The highest BCUT2D eigenvalue weighted by Gasteiger charge is 2.22. The van der Waals surface area contributed by atoms with Crippen LogP contribution < -0.4 is 10.6 Å². The lowest BCUT2D eigenvalue weighted by atomic mass is 9.85. The van der Waals surface area contributed by atoms with Crippen molar-refractivity contribution in [3.63, 3.8) is 0 Å². The van der Waals surface area contributed by atoms with Gasteiger partial charge in [-0.1, -0.05) is 13.0 Å². The van der Waals surface area contributed by atoms with Gasteiger partial charge in [0.05, 0.1) is 6.04 Å². The number of piperidine rings is 1. The van der Waals surface area contributed by atoms with Crippen LogP contribution in [0.25, 0.3) is 0 Å². The van der Waals surface area contributed by atoms with Crippen molar-refractivity contribution in [1.82, 2.24) is 15.6 Å². The van der Waals surface area contributed by atoms with Gasteiger partial charge in [-0.25, -0.2) is 0 Å². The second kappa shape index (κ2) is 10.8. The van der Waals surface area contributed by atoms with Crippen LogP contribution in [-0.4, -0.2) is 24.0 Å². The summed E-state index contributed by atoms with van der Waals surface area (Å²) in [7, 11) is 0. The molecule has 1 aliphatic heterocycles. The van der Waals surface area contributed by atoms with Crippen molar-refractivity contribution in [3.05, 3.63) is 30.1 Å². The van der Waals surface area contributed by atoms with Crippen LogP contribution in [0, 0.1) is 11.8 Å². The SMILES string of the molecule is CC(CC(=O)N[C@@H](C)c1cccnc1)C1CCCNC1.Cl.Cl. The van der Waals surface area contributed by atoms with E-state index in [0.717, 1.165) is 18.7 Å². The van der Waals surface area contributed by atoms with Crippen LogP contribution >= 0.6 is 24.8 Å². The normalized spacial score (nSPS) is 20.0. The number of nitrogens with zero attached hydrogens (tertiary/aromatic N) is 1. The third kappa shape index (κ3) is 6.51. The number of hydrogen-bond acceptors (Lipinski definition) is 3. The van der Waals surface area contributed by atoms with Crippen LogP contribution in [0.5, 0.6) is 0 Å². The Morgan fingerprint density at radius 1 is 1.45 bits per heavy atom. The summed E-state index contributed by atoms with van der Waals surface area (Å²) in [5.41, 5.74) is 1.05. The average Bonchev–Trinajstić information content (AvgIpc) is 2.49. The molecule has 22 heavy (non-hydrogen) atoms. The molecule has 2 heterocycles. The fraction of sp³-hybridized carbons (Fsp3) is 0.625. The van der Waals surface area contributed by atoms with Gasteiger partial charge in [0.2, 0.25) is 5.91 Å². The largest absolute Gasteiger partial charge is 0.350 e. The number of carbonyl (C=O) groups is 1. The molecule has 0 aliphatic carbocycles. The maximum absolute atomic E-state index is 12.1. The molecule has 6 heteroatoms. The molecule has 4 nitrogen and oxygen atoms in total. The Labute approximate surface area is 145 Å². The summed E-state index contributed by atoms with van der Waals surface area (Å²) in [5, 5.41) is 6.48. The molecule has 1 fully saturated rings. The first-order valence-electron chi connectivity index (χ1n) is 7.57. The van der Waals surface area contributed by atoms with Gasteiger partial charge >= 0.3 is 0 Å². The maximum atomic E-state index is 12.1. The number of halogens is 2. The molecule has 1 aromatic heterocycles. The van der Waals surface area contributed by atoms with E-state index in [0.29, 0.717) is 18.3 Å². The fourth-order valence-electron chi connectivity index (χ4n) is 2.84. The highest BCUT2D eigenvalue weighted by molar-refractivity contribution is 5.85. The summed E-state index contributed by atoms with van der Waals surface area (Å²) in [5.74, 6) is 1.20. The molecule has 0 aromatic carbocycles. The van der Waals surface area contributed by atoms with E-state index in [9.17, 15) is 4.79 Å². The van der Waals surface area contributed by atoms with Crippen molar-refractivity contribution < 1.29 is 4.79 Å². The molecular weight excluding hydrogens is 321 g/mol. The second-order valence-corrected chi connectivity index (χ2v) is 5.86. The van der Waals surface area contributed by atoms with Gasteiger partial charge in [-0.3, -0.25) is 9.78 Å². The predicted octanol–water partition coefficient (Wildman–Crippen LogP) is 3.13. The molecule has 3 atom stereocenters. The molecule has 2 N–H and O–H groups in total. The zero-order valence-corrected chi connectivity index (χ0v) is 14.9. The quantitative estimate of drug-likeness (QED) is 0.860. The van der Waals surface area contributed by atoms with E-state index in [-0.39, 0.29) is 36.8 Å². The number of pyridine rings is 1. The summed E-state index contributed by atoms with van der Waals surface area (Å²) in [6.07, 6.45) is 6.62. The van der Waals surface area contributed by atoms with Gasteiger partial charge in [0.25, 0.3) is 0 Å². The molecule has 1 saturated heterocycles.